The summed E-state index contributed by atoms with van der Waals surface area (Å²) in [6.07, 6.45) is 2.46. The van der Waals surface area contributed by atoms with Gasteiger partial charge >= 0.3 is 0 Å². The van der Waals surface area contributed by atoms with E-state index in [2.05, 4.69) is 12.2 Å². The van der Waals surface area contributed by atoms with Gasteiger partial charge in [0.05, 0.1) is 13.1 Å². The van der Waals surface area contributed by atoms with Crippen molar-refractivity contribution in [2.45, 2.75) is 46.6 Å². The van der Waals surface area contributed by atoms with Gasteiger partial charge in [-0.2, -0.15) is 0 Å². The van der Waals surface area contributed by atoms with Crippen molar-refractivity contribution in [3.8, 4) is 0 Å². The van der Waals surface area contributed by atoms with Gasteiger partial charge in [0.2, 0.25) is 0 Å². The smallest absolute Gasteiger partial charge is 0.282 e. The summed E-state index contributed by atoms with van der Waals surface area (Å²) in [5, 5.41) is 3.13. The number of carbonyl (C=O) groups excluding carboxylic acids is 1. The number of hydrogen-bond donors (Lipinski definition) is 2. The maximum atomic E-state index is 12.5. The largest absolute Gasteiger partial charge is 0.325 e. The number of carbonyl (C=O) groups is 1. The average Bonchev–Trinajstić information content (AvgIpc) is 2.43. The van der Waals surface area contributed by atoms with E-state index in [1.807, 2.05) is 39.0 Å². The van der Waals surface area contributed by atoms with E-state index in [9.17, 15) is 4.79 Å². The van der Waals surface area contributed by atoms with Crippen LogP contribution in [0.5, 0.6) is 0 Å². The summed E-state index contributed by atoms with van der Waals surface area (Å²) in [6.45, 7) is 10.7. The lowest BCUT2D eigenvalue weighted by Gasteiger charge is -2.31. The third kappa shape index (κ3) is 3.40. The molecule has 1 aliphatic heterocycles. The van der Waals surface area contributed by atoms with E-state index in [1.165, 1.54) is 17.7 Å². The molecule has 3 heteroatoms. The van der Waals surface area contributed by atoms with Crippen LogP contribution in [0.15, 0.2) is 18.2 Å². The fourth-order valence-corrected chi connectivity index (χ4v) is 2.99. The Hall–Kier alpha value is -1.35. The molecule has 0 spiro atoms. The number of rotatable bonds is 3. The Labute approximate surface area is 122 Å². The van der Waals surface area contributed by atoms with E-state index in [0.717, 1.165) is 35.8 Å². The second-order valence-electron chi connectivity index (χ2n) is 6.32. The highest BCUT2D eigenvalue weighted by molar-refractivity contribution is 5.95. The first-order chi connectivity index (χ1) is 9.49. The van der Waals surface area contributed by atoms with Gasteiger partial charge < -0.3 is 10.2 Å². The Morgan fingerprint density at radius 3 is 2.35 bits per heavy atom. The number of aryl methyl sites for hydroxylation is 2. The quantitative estimate of drug-likeness (QED) is 0.868. The monoisotopic (exact) mass is 275 g/mol. The van der Waals surface area contributed by atoms with E-state index in [4.69, 9.17) is 0 Å². The van der Waals surface area contributed by atoms with Crippen molar-refractivity contribution in [2.24, 2.45) is 5.92 Å². The SMILES string of the molecule is Cc1cccc(C)c1NC(=O)[C@@H](C)[NH+]1CCC(C)CC1. The van der Waals surface area contributed by atoms with Crippen molar-refractivity contribution in [3.63, 3.8) is 0 Å². The van der Waals surface area contributed by atoms with Crippen LogP contribution in [0.2, 0.25) is 0 Å². The molecular weight excluding hydrogens is 248 g/mol. The molecule has 20 heavy (non-hydrogen) atoms. The maximum absolute atomic E-state index is 12.5. The number of amides is 1. The zero-order valence-corrected chi connectivity index (χ0v) is 13.1. The number of piperidine rings is 1. The highest BCUT2D eigenvalue weighted by Gasteiger charge is 2.29. The number of para-hydroxylation sites is 1. The molecule has 1 heterocycles. The fraction of sp³-hybridized carbons (Fsp3) is 0.588. The van der Waals surface area contributed by atoms with Crippen LogP contribution in [0, 0.1) is 19.8 Å². The summed E-state index contributed by atoms with van der Waals surface area (Å²) in [6, 6.07) is 6.15. The number of nitrogens with one attached hydrogen (secondary N) is 2. The van der Waals surface area contributed by atoms with E-state index in [-0.39, 0.29) is 11.9 Å². The zero-order chi connectivity index (χ0) is 14.7. The molecule has 1 aromatic rings. The summed E-state index contributed by atoms with van der Waals surface area (Å²) >= 11 is 0. The minimum absolute atomic E-state index is 0.0292. The number of likely N-dealkylation sites (tertiary alicyclic amines) is 1. The molecule has 1 fully saturated rings. The van der Waals surface area contributed by atoms with Crippen LogP contribution in [-0.2, 0) is 4.79 Å². The minimum atomic E-state index is 0.0292. The van der Waals surface area contributed by atoms with Crippen molar-refractivity contribution in [1.29, 1.82) is 0 Å². The van der Waals surface area contributed by atoms with E-state index in [0.29, 0.717) is 0 Å². The van der Waals surface area contributed by atoms with Crippen LogP contribution < -0.4 is 10.2 Å². The van der Waals surface area contributed by atoms with Crippen LogP contribution in [-0.4, -0.2) is 25.0 Å². The zero-order valence-electron chi connectivity index (χ0n) is 13.1. The predicted octanol–water partition coefficient (Wildman–Crippen LogP) is 1.95. The Bertz CT molecular complexity index is 456. The molecule has 110 valence electrons. The number of hydrogen-bond acceptors (Lipinski definition) is 1. The van der Waals surface area contributed by atoms with Crippen molar-refractivity contribution in [2.75, 3.05) is 18.4 Å². The van der Waals surface area contributed by atoms with Gasteiger partial charge in [-0.1, -0.05) is 25.1 Å². The van der Waals surface area contributed by atoms with Gasteiger partial charge in [0, 0.05) is 5.69 Å². The van der Waals surface area contributed by atoms with Gasteiger partial charge in [-0.15, -0.1) is 0 Å². The number of quaternary nitrogens is 1. The average molecular weight is 275 g/mol. The second-order valence-corrected chi connectivity index (χ2v) is 6.32. The van der Waals surface area contributed by atoms with Crippen LogP contribution in [0.1, 0.15) is 37.8 Å². The standard InChI is InChI=1S/C17H26N2O/c1-12-8-10-19(11-9-12)15(4)17(20)18-16-13(2)6-5-7-14(16)3/h5-7,12,15H,8-11H2,1-4H3,(H,18,20)/p+1/t15-/m1/s1. The van der Waals surface area contributed by atoms with Crippen LogP contribution in [0.4, 0.5) is 5.69 Å². The first-order valence-electron chi connectivity index (χ1n) is 7.70. The van der Waals surface area contributed by atoms with Gasteiger partial charge in [0.15, 0.2) is 6.04 Å². The highest BCUT2D eigenvalue weighted by atomic mass is 16.2. The topological polar surface area (TPSA) is 33.5 Å². The van der Waals surface area contributed by atoms with Gasteiger partial charge in [0.1, 0.15) is 0 Å². The second kappa shape index (κ2) is 6.40. The van der Waals surface area contributed by atoms with Crippen LogP contribution in [0.3, 0.4) is 0 Å². The molecule has 3 nitrogen and oxygen atoms in total. The van der Waals surface area contributed by atoms with Gasteiger partial charge in [-0.25, -0.2) is 0 Å². The lowest BCUT2D eigenvalue weighted by molar-refractivity contribution is -0.919. The Morgan fingerprint density at radius 1 is 1.25 bits per heavy atom. The fourth-order valence-electron chi connectivity index (χ4n) is 2.99. The molecular formula is C17H27N2O+. The third-order valence-electron chi connectivity index (χ3n) is 4.65. The Kier molecular flexibility index (Phi) is 4.81. The summed E-state index contributed by atoms with van der Waals surface area (Å²) < 4.78 is 0. The first kappa shape index (κ1) is 15.0. The predicted molar refractivity (Wildman–Crippen MR) is 83.1 cm³/mol. The molecule has 1 aromatic carbocycles. The van der Waals surface area contributed by atoms with Crippen molar-refractivity contribution in [1.82, 2.24) is 0 Å². The molecule has 2 N–H and O–H groups in total. The normalized spacial score (nSPS) is 24.2. The molecule has 0 aliphatic carbocycles. The van der Waals surface area contributed by atoms with Crippen molar-refractivity contribution >= 4 is 11.6 Å². The number of anilines is 1. The summed E-state index contributed by atoms with van der Waals surface area (Å²) in [5.41, 5.74) is 3.25. The molecule has 1 aliphatic rings. The minimum Gasteiger partial charge on any atom is -0.325 e. The number of benzene rings is 1. The van der Waals surface area contributed by atoms with E-state index >= 15 is 0 Å². The molecule has 2 rings (SSSR count). The Balaban J connectivity index is 2.01. The van der Waals surface area contributed by atoms with E-state index in [1.54, 1.807) is 0 Å². The summed E-state index contributed by atoms with van der Waals surface area (Å²) in [5.74, 6) is 0.958. The lowest BCUT2D eigenvalue weighted by atomic mass is 9.98. The van der Waals surface area contributed by atoms with Crippen molar-refractivity contribution in [3.05, 3.63) is 29.3 Å². The molecule has 0 saturated carbocycles. The van der Waals surface area contributed by atoms with Gasteiger partial charge in [-0.05, 0) is 50.7 Å². The van der Waals surface area contributed by atoms with E-state index < -0.39 is 0 Å². The summed E-state index contributed by atoms with van der Waals surface area (Å²) in [7, 11) is 0. The third-order valence-corrected chi connectivity index (χ3v) is 4.65. The van der Waals surface area contributed by atoms with Gasteiger partial charge in [0.25, 0.3) is 5.91 Å². The molecule has 1 saturated heterocycles. The molecule has 0 unspecified atom stereocenters. The Morgan fingerprint density at radius 2 is 1.80 bits per heavy atom. The molecule has 0 aromatic heterocycles. The van der Waals surface area contributed by atoms with Crippen molar-refractivity contribution < 1.29 is 9.69 Å². The van der Waals surface area contributed by atoms with Gasteiger partial charge in [-0.3, -0.25) is 4.79 Å². The summed E-state index contributed by atoms with van der Waals surface area (Å²) in [4.78, 5) is 13.9. The van der Waals surface area contributed by atoms with Crippen LogP contribution in [0.25, 0.3) is 0 Å². The molecule has 0 radical (unpaired) electrons. The maximum Gasteiger partial charge on any atom is 0.282 e. The molecule has 1 atom stereocenters. The molecule has 0 bridgehead atoms. The molecule has 1 amide bonds. The van der Waals surface area contributed by atoms with Crippen LogP contribution >= 0.6 is 0 Å². The lowest BCUT2D eigenvalue weighted by Crippen LogP contribution is -3.17. The highest BCUT2D eigenvalue weighted by Crippen LogP contribution is 2.19. The first-order valence-corrected chi connectivity index (χ1v) is 7.70.